The molecule has 0 amide bonds. The summed E-state index contributed by atoms with van der Waals surface area (Å²) in [5.74, 6) is -1.84. The van der Waals surface area contributed by atoms with Gasteiger partial charge in [-0.1, -0.05) is 6.07 Å². The molecule has 0 radical (unpaired) electrons. The molecule has 0 bridgehead atoms. The van der Waals surface area contributed by atoms with Crippen molar-refractivity contribution < 1.29 is 13.5 Å². The zero-order valence-corrected chi connectivity index (χ0v) is 11.2. The van der Waals surface area contributed by atoms with Crippen LogP contribution < -0.4 is 4.74 Å². The van der Waals surface area contributed by atoms with Gasteiger partial charge in [0.2, 0.25) is 5.88 Å². The van der Waals surface area contributed by atoms with Crippen LogP contribution in [-0.4, -0.2) is 42.0 Å². The van der Waals surface area contributed by atoms with Crippen LogP contribution in [0.5, 0.6) is 5.88 Å². The Kier molecular flexibility index (Phi) is 4.69. The molecule has 0 aromatic carbocycles. The number of hydrogen-bond donors (Lipinski definition) is 0. The van der Waals surface area contributed by atoms with Gasteiger partial charge in [0.15, 0.2) is 0 Å². The summed E-state index contributed by atoms with van der Waals surface area (Å²) in [5, 5.41) is 0. The maximum Gasteiger partial charge on any atom is 0.250 e. The summed E-state index contributed by atoms with van der Waals surface area (Å²) in [6.07, 6.45) is 2.56. The number of piperidine rings is 1. The molecule has 1 aliphatic heterocycles. The van der Waals surface area contributed by atoms with Gasteiger partial charge in [-0.05, 0) is 18.9 Å². The van der Waals surface area contributed by atoms with Crippen molar-refractivity contribution in [1.82, 2.24) is 9.88 Å². The van der Waals surface area contributed by atoms with Gasteiger partial charge >= 0.3 is 0 Å². The maximum absolute atomic E-state index is 13.0. The fraction of sp³-hybridized carbons (Fsp3) is 0.643. The standard InChI is InChI=1S/C14H20F2N2O/c1-12-3-4-13(17-11-12)19-10-2-7-18-8-5-14(15,16)6-9-18/h3-4,11H,2,5-10H2,1H3. The Balaban J connectivity index is 1.61. The molecular formula is C14H20F2N2O. The topological polar surface area (TPSA) is 25.4 Å². The predicted molar refractivity (Wildman–Crippen MR) is 69.7 cm³/mol. The Morgan fingerprint density at radius 2 is 2.05 bits per heavy atom. The van der Waals surface area contributed by atoms with Gasteiger partial charge in [-0.25, -0.2) is 13.8 Å². The molecule has 1 saturated heterocycles. The molecule has 19 heavy (non-hydrogen) atoms. The Labute approximate surface area is 112 Å². The molecule has 3 nitrogen and oxygen atoms in total. The van der Waals surface area contributed by atoms with Gasteiger partial charge < -0.3 is 9.64 Å². The van der Waals surface area contributed by atoms with Crippen LogP contribution in [0.2, 0.25) is 0 Å². The summed E-state index contributed by atoms with van der Waals surface area (Å²) in [6, 6.07) is 3.80. The van der Waals surface area contributed by atoms with E-state index in [0.29, 0.717) is 25.6 Å². The lowest BCUT2D eigenvalue weighted by Crippen LogP contribution is -2.40. The number of likely N-dealkylation sites (tertiary alicyclic amines) is 1. The first-order valence-corrected chi connectivity index (χ1v) is 6.71. The predicted octanol–water partition coefficient (Wildman–Crippen LogP) is 2.89. The van der Waals surface area contributed by atoms with Crippen molar-refractivity contribution in [2.45, 2.75) is 32.1 Å². The van der Waals surface area contributed by atoms with E-state index in [4.69, 9.17) is 4.74 Å². The van der Waals surface area contributed by atoms with Gasteiger partial charge in [-0.3, -0.25) is 0 Å². The van der Waals surface area contributed by atoms with Crippen molar-refractivity contribution in [3.63, 3.8) is 0 Å². The molecule has 1 aliphatic rings. The highest BCUT2D eigenvalue weighted by Crippen LogP contribution is 2.27. The number of aryl methyl sites for hydroxylation is 1. The second kappa shape index (κ2) is 6.28. The lowest BCUT2D eigenvalue weighted by atomic mass is 10.1. The Morgan fingerprint density at radius 3 is 2.68 bits per heavy atom. The summed E-state index contributed by atoms with van der Waals surface area (Å²) in [6.45, 7) is 4.32. The van der Waals surface area contributed by atoms with Gasteiger partial charge in [0.05, 0.1) is 6.61 Å². The van der Waals surface area contributed by atoms with Gasteiger partial charge in [0.1, 0.15) is 0 Å². The van der Waals surface area contributed by atoms with Gasteiger partial charge in [0, 0.05) is 44.7 Å². The number of aromatic nitrogens is 1. The normalized spacial score (nSPS) is 19.3. The van der Waals surface area contributed by atoms with Gasteiger partial charge in [0.25, 0.3) is 5.92 Å². The highest BCUT2D eigenvalue weighted by molar-refractivity contribution is 5.16. The first-order valence-electron chi connectivity index (χ1n) is 6.71. The third-order valence-corrected chi connectivity index (χ3v) is 3.34. The Morgan fingerprint density at radius 1 is 1.32 bits per heavy atom. The van der Waals surface area contributed by atoms with E-state index in [1.165, 1.54) is 0 Å². The van der Waals surface area contributed by atoms with Crippen molar-refractivity contribution >= 4 is 0 Å². The second-order valence-corrected chi connectivity index (χ2v) is 5.07. The van der Waals surface area contributed by atoms with E-state index in [1.54, 1.807) is 6.20 Å². The summed E-state index contributed by atoms with van der Waals surface area (Å²) in [5.41, 5.74) is 1.10. The number of pyridine rings is 1. The smallest absolute Gasteiger partial charge is 0.250 e. The molecule has 2 heterocycles. The number of ether oxygens (including phenoxy) is 1. The third kappa shape index (κ3) is 4.74. The minimum Gasteiger partial charge on any atom is -0.478 e. The molecule has 5 heteroatoms. The second-order valence-electron chi connectivity index (χ2n) is 5.07. The first kappa shape index (κ1) is 14.2. The lowest BCUT2D eigenvalue weighted by molar-refractivity contribution is -0.0554. The fourth-order valence-electron chi connectivity index (χ4n) is 2.11. The van der Waals surface area contributed by atoms with E-state index in [2.05, 4.69) is 9.88 Å². The minimum atomic E-state index is -2.46. The van der Waals surface area contributed by atoms with Crippen LogP contribution in [-0.2, 0) is 0 Å². The van der Waals surface area contributed by atoms with Crippen molar-refractivity contribution in [2.75, 3.05) is 26.2 Å². The average molecular weight is 270 g/mol. The van der Waals surface area contributed by atoms with Crippen LogP contribution in [0.25, 0.3) is 0 Å². The van der Waals surface area contributed by atoms with E-state index in [0.717, 1.165) is 18.5 Å². The minimum absolute atomic E-state index is 0.0205. The molecule has 1 aromatic rings. The molecule has 0 aliphatic carbocycles. The lowest BCUT2D eigenvalue weighted by Gasteiger charge is -2.31. The molecule has 2 rings (SSSR count). The monoisotopic (exact) mass is 270 g/mol. The van der Waals surface area contributed by atoms with E-state index in [-0.39, 0.29) is 12.8 Å². The molecule has 0 saturated carbocycles. The highest BCUT2D eigenvalue weighted by Gasteiger charge is 2.33. The molecule has 0 spiro atoms. The van der Waals surface area contributed by atoms with Crippen molar-refractivity contribution in [1.29, 1.82) is 0 Å². The number of rotatable bonds is 5. The molecule has 0 N–H and O–H groups in total. The maximum atomic E-state index is 13.0. The van der Waals surface area contributed by atoms with E-state index in [1.807, 2.05) is 19.1 Å². The van der Waals surface area contributed by atoms with Gasteiger partial charge in [-0.2, -0.15) is 0 Å². The molecule has 106 valence electrons. The van der Waals surface area contributed by atoms with Crippen LogP contribution in [0.4, 0.5) is 8.78 Å². The van der Waals surface area contributed by atoms with E-state index >= 15 is 0 Å². The molecule has 0 unspecified atom stereocenters. The summed E-state index contributed by atoms with van der Waals surface area (Å²) in [7, 11) is 0. The fourth-order valence-corrected chi connectivity index (χ4v) is 2.11. The van der Waals surface area contributed by atoms with Crippen LogP contribution >= 0.6 is 0 Å². The highest BCUT2D eigenvalue weighted by atomic mass is 19.3. The van der Waals surface area contributed by atoms with Crippen LogP contribution in [0.15, 0.2) is 18.3 Å². The average Bonchev–Trinajstić information content (AvgIpc) is 2.38. The zero-order chi connectivity index (χ0) is 13.7. The number of alkyl halides is 2. The number of nitrogens with zero attached hydrogens (tertiary/aromatic N) is 2. The Bertz CT molecular complexity index is 385. The zero-order valence-electron chi connectivity index (χ0n) is 11.2. The number of hydrogen-bond acceptors (Lipinski definition) is 3. The largest absolute Gasteiger partial charge is 0.478 e. The number of halogens is 2. The molecular weight excluding hydrogens is 250 g/mol. The summed E-state index contributed by atoms with van der Waals surface area (Å²) < 4.78 is 31.4. The molecule has 1 fully saturated rings. The third-order valence-electron chi connectivity index (χ3n) is 3.34. The van der Waals surface area contributed by atoms with Crippen molar-refractivity contribution in [3.8, 4) is 5.88 Å². The van der Waals surface area contributed by atoms with E-state index < -0.39 is 5.92 Å². The van der Waals surface area contributed by atoms with Crippen molar-refractivity contribution in [3.05, 3.63) is 23.9 Å². The molecule has 1 aromatic heterocycles. The first-order chi connectivity index (χ1) is 9.05. The van der Waals surface area contributed by atoms with Crippen LogP contribution in [0.3, 0.4) is 0 Å². The quantitative estimate of drug-likeness (QED) is 0.769. The summed E-state index contributed by atoms with van der Waals surface area (Å²) in [4.78, 5) is 6.22. The van der Waals surface area contributed by atoms with E-state index in [9.17, 15) is 8.78 Å². The summed E-state index contributed by atoms with van der Waals surface area (Å²) >= 11 is 0. The van der Waals surface area contributed by atoms with Crippen molar-refractivity contribution in [2.24, 2.45) is 0 Å². The molecule has 0 atom stereocenters. The van der Waals surface area contributed by atoms with Gasteiger partial charge in [-0.15, -0.1) is 0 Å². The SMILES string of the molecule is Cc1ccc(OCCCN2CCC(F)(F)CC2)nc1. The Hall–Kier alpha value is -1.23. The van der Waals surface area contributed by atoms with Crippen LogP contribution in [0, 0.1) is 6.92 Å². The van der Waals surface area contributed by atoms with Crippen LogP contribution in [0.1, 0.15) is 24.8 Å².